The predicted molar refractivity (Wildman–Crippen MR) is 92.0 cm³/mol. The van der Waals surface area contributed by atoms with E-state index in [4.69, 9.17) is 20.8 Å². The van der Waals surface area contributed by atoms with E-state index >= 15 is 0 Å². The summed E-state index contributed by atoms with van der Waals surface area (Å²) in [7, 11) is 0. The first-order chi connectivity index (χ1) is 12.0. The standard InChI is InChI=1S/C16H12ClN3O4S/c1-10-2-7-14(13(8-10)20(21)22)25-16-19-18-15(24-16)9-23-12-5-3-11(17)4-6-12/h2-8H,9H2,1H3. The first kappa shape index (κ1) is 17.2. The highest BCUT2D eigenvalue weighted by molar-refractivity contribution is 7.99. The number of benzene rings is 2. The fourth-order valence-electron chi connectivity index (χ4n) is 1.96. The summed E-state index contributed by atoms with van der Waals surface area (Å²) >= 11 is 6.85. The number of hydrogen-bond donors (Lipinski definition) is 0. The first-order valence-corrected chi connectivity index (χ1v) is 8.34. The first-order valence-electron chi connectivity index (χ1n) is 7.15. The van der Waals surface area contributed by atoms with Crippen molar-refractivity contribution in [3.63, 3.8) is 0 Å². The summed E-state index contributed by atoms with van der Waals surface area (Å²) < 4.78 is 11.0. The van der Waals surface area contributed by atoms with Gasteiger partial charge in [0.2, 0.25) is 0 Å². The zero-order valence-corrected chi connectivity index (χ0v) is 14.6. The predicted octanol–water partition coefficient (Wildman–Crippen LogP) is 4.67. The zero-order valence-electron chi connectivity index (χ0n) is 13.0. The van der Waals surface area contributed by atoms with E-state index in [9.17, 15) is 10.1 Å². The van der Waals surface area contributed by atoms with Crippen molar-refractivity contribution in [3.8, 4) is 5.75 Å². The van der Waals surface area contributed by atoms with E-state index in [0.717, 1.165) is 17.3 Å². The summed E-state index contributed by atoms with van der Waals surface area (Å²) in [6, 6.07) is 11.8. The van der Waals surface area contributed by atoms with E-state index in [1.807, 2.05) is 0 Å². The SMILES string of the molecule is Cc1ccc(Sc2nnc(COc3ccc(Cl)cc3)o2)c([N+](=O)[O-])c1. The number of aromatic nitrogens is 2. The Bertz CT molecular complexity index is 899. The van der Waals surface area contributed by atoms with Gasteiger partial charge in [-0.3, -0.25) is 10.1 Å². The quantitative estimate of drug-likeness (QED) is 0.455. The third-order valence-electron chi connectivity index (χ3n) is 3.13. The Morgan fingerprint density at radius 2 is 2.00 bits per heavy atom. The number of aryl methyl sites for hydroxylation is 1. The van der Waals surface area contributed by atoms with Gasteiger partial charge in [0.1, 0.15) is 5.75 Å². The molecule has 0 atom stereocenters. The summed E-state index contributed by atoms with van der Waals surface area (Å²) in [5.74, 6) is 0.887. The second-order valence-corrected chi connectivity index (χ2v) is 6.46. The zero-order chi connectivity index (χ0) is 17.8. The number of hydrogen-bond acceptors (Lipinski definition) is 7. The van der Waals surface area contributed by atoms with Crippen molar-refractivity contribution < 1.29 is 14.1 Å². The fourth-order valence-corrected chi connectivity index (χ4v) is 2.87. The topological polar surface area (TPSA) is 91.3 Å². The van der Waals surface area contributed by atoms with Crippen molar-refractivity contribution in [1.29, 1.82) is 0 Å². The minimum Gasteiger partial charge on any atom is -0.484 e. The molecule has 0 bridgehead atoms. The highest BCUT2D eigenvalue weighted by Crippen LogP contribution is 2.34. The minimum atomic E-state index is -0.434. The van der Waals surface area contributed by atoms with Crippen molar-refractivity contribution in [1.82, 2.24) is 10.2 Å². The molecule has 7 nitrogen and oxygen atoms in total. The van der Waals surface area contributed by atoms with Crippen LogP contribution in [0.15, 0.2) is 57.0 Å². The van der Waals surface area contributed by atoms with Crippen LogP contribution >= 0.6 is 23.4 Å². The van der Waals surface area contributed by atoms with Gasteiger partial charge in [0.05, 0.1) is 9.82 Å². The molecule has 0 aliphatic rings. The van der Waals surface area contributed by atoms with Gasteiger partial charge in [-0.2, -0.15) is 0 Å². The second-order valence-electron chi connectivity index (χ2n) is 5.03. The van der Waals surface area contributed by atoms with Crippen LogP contribution < -0.4 is 4.74 Å². The van der Waals surface area contributed by atoms with Crippen LogP contribution in [0, 0.1) is 17.0 Å². The smallest absolute Gasteiger partial charge is 0.283 e. The van der Waals surface area contributed by atoms with Crippen LogP contribution in [0.3, 0.4) is 0 Å². The van der Waals surface area contributed by atoms with Gasteiger partial charge in [-0.05, 0) is 54.6 Å². The Hall–Kier alpha value is -2.58. The molecule has 0 fully saturated rings. The molecule has 0 saturated heterocycles. The minimum absolute atomic E-state index is 0.00200. The van der Waals surface area contributed by atoms with Gasteiger partial charge in [0.15, 0.2) is 6.61 Å². The van der Waals surface area contributed by atoms with Crippen LogP contribution in [-0.4, -0.2) is 15.1 Å². The van der Waals surface area contributed by atoms with Crippen molar-refractivity contribution in [3.05, 3.63) is 69.1 Å². The van der Waals surface area contributed by atoms with Crippen LogP contribution in [0.4, 0.5) is 5.69 Å². The Labute approximate surface area is 152 Å². The van der Waals surface area contributed by atoms with Crippen LogP contribution in [0.5, 0.6) is 5.75 Å². The van der Waals surface area contributed by atoms with Gasteiger partial charge >= 0.3 is 0 Å². The molecule has 0 spiro atoms. The molecule has 3 aromatic rings. The molecule has 0 amide bonds. The Balaban J connectivity index is 1.68. The third-order valence-corrected chi connectivity index (χ3v) is 4.29. The summed E-state index contributed by atoms with van der Waals surface area (Å²) in [5, 5.41) is 19.7. The molecule has 128 valence electrons. The van der Waals surface area contributed by atoms with Crippen molar-refractivity contribution in [2.45, 2.75) is 23.6 Å². The number of ether oxygens (including phenoxy) is 1. The van der Waals surface area contributed by atoms with Crippen LogP contribution in [0.1, 0.15) is 11.5 Å². The van der Waals surface area contributed by atoms with Gasteiger partial charge in [-0.1, -0.05) is 17.7 Å². The van der Waals surface area contributed by atoms with Gasteiger partial charge < -0.3 is 9.15 Å². The molecule has 3 rings (SSSR count). The molecular weight excluding hydrogens is 366 g/mol. The molecule has 25 heavy (non-hydrogen) atoms. The molecule has 1 heterocycles. The van der Waals surface area contributed by atoms with E-state index in [0.29, 0.717) is 15.7 Å². The molecule has 0 aliphatic heterocycles. The molecule has 0 N–H and O–H groups in total. The monoisotopic (exact) mass is 377 g/mol. The van der Waals surface area contributed by atoms with Gasteiger partial charge in [-0.25, -0.2) is 0 Å². The molecule has 0 unspecified atom stereocenters. The Kier molecular flexibility index (Phi) is 5.20. The van der Waals surface area contributed by atoms with E-state index in [1.54, 1.807) is 43.3 Å². The highest BCUT2D eigenvalue weighted by atomic mass is 35.5. The lowest BCUT2D eigenvalue weighted by Gasteiger charge is -2.02. The molecule has 0 aliphatic carbocycles. The number of rotatable bonds is 6. The van der Waals surface area contributed by atoms with Crippen LogP contribution in [0.25, 0.3) is 0 Å². The lowest BCUT2D eigenvalue weighted by Crippen LogP contribution is -1.95. The summed E-state index contributed by atoms with van der Waals surface area (Å²) in [5.41, 5.74) is 0.806. The maximum absolute atomic E-state index is 11.1. The number of nitro benzene ring substituents is 1. The van der Waals surface area contributed by atoms with Crippen molar-refractivity contribution in [2.75, 3.05) is 0 Å². The number of nitro groups is 1. The normalized spacial score (nSPS) is 10.6. The number of nitrogens with zero attached hydrogens (tertiary/aromatic N) is 3. The molecule has 1 aromatic heterocycles. The van der Waals surface area contributed by atoms with Crippen LogP contribution in [-0.2, 0) is 6.61 Å². The van der Waals surface area contributed by atoms with Crippen molar-refractivity contribution >= 4 is 29.1 Å². The second kappa shape index (κ2) is 7.54. The molecule has 0 saturated carbocycles. The lowest BCUT2D eigenvalue weighted by molar-refractivity contribution is -0.387. The maximum Gasteiger partial charge on any atom is 0.283 e. The van der Waals surface area contributed by atoms with Crippen molar-refractivity contribution in [2.24, 2.45) is 0 Å². The lowest BCUT2D eigenvalue weighted by atomic mass is 10.2. The summed E-state index contributed by atoms with van der Waals surface area (Å²) in [6.45, 7) is 1.88. The number of halogens is 1. The molecular formula is C16H12ClN3O4S. The summed E-state index contributed by atoms with van der Waals surface area (Å²) in [6.07, 6.45) is 0. The average molecular weight is 378 g/mol. The Morgan fingerprint density at radius 1 is 1.24 bits per heavy atom. The largest absolute Gasteiger partial charge is 0.484 e. The Morgan fingerprint density at radius 3 is 2.72 bits per heavy atom. The third kappa shape index (κ3) is 4.49. The maximum atomic E-state index is 11.1. The van der Waals surface area contributed by atoms with E-state index < -0.39 is 4.92 Å². The molecule has 2 aromatic carbocycles. The highest BCUT2D eigenvalue weighted by Gasteiger charge is 2.18. The molecule has 0 radical (unpaired) electrons. The fraction of sp³-hybridized carbons (Fsp3) is 0.125. The van der Waals surface area contributed by atoms with Gasteiger partial charge in [0.25, 0.3) is 16.8 Å². The van der Waals surface area contributed by atoms with E-state index in [1.165, 1.54) is 6.07 Å². The van der Waals surface area contributed by atoms with Gasteiger partial charge in [-0.15, -0.1) is 10.2 Å². The summed E-state index contributed by atoms with van der Waals surface area (Å²) in [4.78, 5) is 11.1. The average Bonchev–Trinajstić information content (AvgIpc) is 3.03. The van der Waals surface area contributed by atoms with E-state index in [-0.39, 0.29) is 23.4 Å². The van der Waals surface area contributed by atoms with Gasteiger partial charge in [0, 0.05) is 11.1 Å². The van der Waals surface area contributed by atoms with E-state index in [2.05, 4.69) is 10.2 Å². The molecule has 9 heteroatoms. The van der Waals surface area contributed by atoms with Crippen LogP contribution in [0.2, 0.25) is 5.02 Å².